The van der Waals surface area contributed by atoms with Crippen molar-refractivity contribution in [2.45, 2.75) is 12.5 Å². The highest BCUT2D eigenvalue weighted by atomic mass is 35.5. The van der Waals surface area contributed by atoms with Crippen LogP contribution < -0.4 is 10.1 Å². The molecule has 2 aromatic carbocycles. The number of benzene rings is 2. The Morgan fingerprint density at radius 1 is 1.18 bits per heavy atom. The number of ether oxygens (including phenoxy) is 1. The third-order valence-electron chi connectivity index (χ3n) is 3.48. The summed E-state index contributed by atoms with van der Waals surface area (Å²) >= 11 is 0. The molecule has 2 rings (SSSR count). The van der Waals surface area contributed by atoms with E-state index in [1.54, 1.807) is 19.2 Å². The van der Waals surface area contributed by atoms with Gasteiger partial charge in [0.15, 0.2) is 0 Å². The zero-order chi connectivity index (χ0) is 15.2. The first kappa shape index (κ1) is 17.9. The summed E-state index contributed by atoms with van der Waals surface area (Å²) < 4.78 is 5.14. The summed E-state index contributed by atoms with van der Waals surface area (Å²) in [6.45, 7) is 0. The van der Waals surface area contributed by atoms with Crippen molar-refractivity contribution in [3.8, 4) is 5.75 Å². The molecule has 0 aliphatic carbocycles. The molecule has 118 valence electrons. The van der Waals surface area contributed by atoms with Crippen LogP contribution in [0.3, 0.4) is 0 Å². The zero-order valence-electron chi connectivity index (χ0n) is 12.5. The van der Waals surface area contributed by atoms with E-state index in [1.165, 1.54) is 6.07 Å². The maximum Gasteiger partial charge on any atom is 0.272 e. The number of methoxy groups -OCH3 is 1. The minimum absolute atomic E-state index is 0. The number of likely N-dealkylation sites (N-methyl/N-ethyl adjacent to an activating group) is 1. The molecule has 0 saturated carbocycles. The van der Waals surface area contributed by atoms with Gasteiger partial charge in [0.05, 0.1) is 12.0 Å². The lowest BCUT2D eigenvalue weighted by Crippen LogP contribution is -2.19. The van der Waals surface area contributed by atoms with Crippen LogP contribution in [0.4, 0.5) is 5.69 Å². The molecule has 0 aromatic heterocycles. The predicted octanol–water partition coefficient (Wildman–Crippen LogP) is 3.53. The van der Waals surface area contributed by atoms with E-state index in [9.17, 15) is 10.1 Å². The van der Waals surface area contributed by atoms with Crippen LogP contribution in [-0.4, -0.2) is 19.1 Å². The van der Waals surface area contributed by atoms with E-state index >= 15 is 0 Å². The Bertz CT molecular complexity index is 617. The first-order chi connectivity index (χ1) is 10.2. The highest BCUT2D eigenvalue weighted by Crippen LogP contribution is 2.25. The molecule has 0 fully saturated rings. The van der Waals surface area contributed by atoms with Crippen LogP contribution >= 0.6 is 12.4 Å². The molecule has 0 aliphatic heterocycles. The molecule has 0 bridgehead atoms. The van der Waals surface area contributed by atoms with Crippen molar-refractivity contribution in [2.75, 3.05) is 14.2 Å². The van der Waals surface area contributed by atoms with Gasteiger partial charge in [-0.1, -0.05) is 30.3 Å². The Morgan fingerprint density at radius 3 is 2.36 bits per heavy atom. The largest absolute Gasteiger partial charge is 0.497 e. The van der Waals surface area contributed by atoms with Crippen molar-refractivity contribution < 1.29 is 9.66 Å². The highest BCUT2D eigenvalue weighted by Gasteiger charge is 2.17. The molecule has 6 heteroatoms. The van der Waals surface area contributed by atoms with E-state index in [1.807, 2.05) is 37.4 Å². The van der Waals surface area contributed by atoms with E-state index in [2.05, 4.69) is 5.32 Å². The van der Waals surface area contributed by atoms with Crippen molar-refractivity contribution in [2.24, 2.45) is 0 Å². The first-order valence-electron chi connectivity index (χ1n) is 6.69. The average molecular weight is 323 g/mol. The highest BCUT2D eigenvalue weighted by molar-refractivity contribution is 5.85. The lowest BCUT2D eigenvalue weighted by atomic mass is 9.98. The van der Waals surface area contributed by atoms with Crippen molar-refractivity contribution in [3.63, 3.8) is 0 Å². The fraction of sp³-hybridized carbons (Fsp3) is 0.250. The quantitative estimate of drug-likeness (QED) is 0.652. The Hall–Kier alpha value is -2.11. The second-order valence-electron chi connectivity index (χ2n) is 4.70. The Balaban J connectivity index is 0.00000242. The smallest absolute Gasteiger partial charge is 0.272 e. The van der Waals surface area contributed by atoms with Crippen LogP contribution in [0, 0.1) is 10.1 Å². The van der Waals surface area contributed by atoms with Gasteiger partial charge in [0.25, 0.3) is 5.69 Å². The van der Waals surface area contributed by atoms with E-state index in [-0.39, 0.29) is 29.1 Å². The number of nitro groups is 1. The van der Waals surface area contributed by atoms with Gasteiger partial charge in [-0.25, -0.2) is 0 Å². The molecule has 1 N–H and O–H groups in total. The molecule has 5 nitrogen and oxygen atoms in total. The Morgan fingerprint density at radius 2 is 1.82 bits per heavy atom. The van der Waals surface area contributed by atoms with E-state index in [0.29, 0.717) is 6.42 Å². The molecular weight excluding hydrogens is 304 g/mol. The zero-order valence-corrected chi connectivity index (χ0v) is 13.3. The van der Waals surface area contributed by atoms with Gasteiger partial charge in [0.1, 0.15) is 5.75 Å². The molecule has 22 heavy (non-hydrogen) atoms. The lowest BCUT2D eigenvalue weighted by molar-refractivity contribution is -0.385. The van der Waals surface area contributed by atoms with Crippen LogP contribution in [0.25, 0.3) is 0 Å². The monoisotopic (exact) mass is 322 g/mol. The van der Waals surface area contributed by atoms with Gasteiger partial charge in [0.2, 0.25) is 0 Å². The Kier molecular flexibility index (Phi) is 6.82. The fourth-order valence-corrected chi connectivity index (χ4v) is 2.30. The standard InChI is InChI=1S/C16H18N2O3.ClH/c1-17-15(12-7-9-14(21-2)10-8-12)11-13-5-3-4-6-16(13)18(19)20;/h3-10,15,17H,11H2,1-2H3;1H. The second kappa shape index (κ2) is 8.36. The molecular formula is C16H19ClN2O3. The van der Waals surface area contributed by atoms with Crippen LogP contribution in [-0.2, 0) is 6.42 Å². The minimum Gasteiger partial charge on any atom is -0.497 e. The number of nitrogens with one attached hydrogen (secondary N) is 1. The third kappa shape index (κ3) is 4.19. The van der Waals surface area contributed by atoms with Gasteiger partial charge in [-0.05, 0) is 31.2 Å². The maximum atomic E-state index is 11.1. The molecule has 0 heterocycles. The number of nitro benzene ring substituents is 1. The third-order valence-corrected chi connectivity index (χ3v) is 3.48. The summed E-state index contributed by atoms with van der Waals surface area (Å²) in [6.07, 6.45) is 0.556. The Labute approximate surface area is 135 Å². The summed E-state index contributed by atoms with van der Waals surface area (Å²) in [7, 11) is 3.47. The molecule has 2 aromatic rings. The molecule has 0 radical (unpaired) electrons. The van der Waals surface area contributed by atoms with Gasteiger partial charge in [-0.3, -0.25) is 10.1 Å². The normalized spacial score (nSPS) is 11.4. The minimum atomic E-state index is -0.337. The summed E-state index contributed by atoms with van der Waals surface area (Å²) in [5.74, 6) is 0.791. The van der Waals surface area contributed by atoms with E-state index in [4.69, 9.17) is 4.74 Å². The maximum absolute atomic E-state index is 11.1. The van der Waals surface area contributed by atoms with Crippen molar-refractivity contribution in [1.82, 2.24) is 5.32 Å². The molecule has 1 atom stereocenters. The van der Waals surface area contributed by atoms with Crippen LogP contribution in [0.5, 0.6) is 5.75 Å². The van der Waals surface area contributed by atoms with E-state index in [0.717, 1.165) is 16.9 Å². The molecule has 1 unspecified atom stereocenters. The van der Waals surface area contributed by atoms with Gasteiger partial charge >= 0.3 is 0 Å². The SMILES string of the molecule is CNC(Cc1ccccc1[N+](=O)[O-])c1ccc(OC)cc1.Cl. The number of para-hydroxylation sites is 1. The van der Waals surface area contributed by atoms with Gasteiger partial charge in [0, 0.05) is 17.7 Å². The molecule has 0 saturated heterocycles. The summed E-state index contributed by atoms with van der Waals surface area (Å²) in [5.41, 5.74) is 1.94. The molecule has 0 spiro atoms. The van der Waals surface area contributed by atoms with Crippen LogP contribution in [0.2, 0.25) is 0 Å². The number of rotatable bonds is 6. The number of hydrogen-bond acceptors (Lipinski definition) is 4. The van der Waals surface area contributed by atoms with Gasteiger partial charge < -0.3 is 10.1 Å². The fourth-order valence-electron chi connectivity index (χ4n) is 2.30. The van der Waals surface area contributed by atoms with Crippen LogP contribution in [0.15, 0.2) is 48.5 Å². The van der Waals surface area contributed by atoms with Gasteiger partial charge in [-0.2, -0.15) is 0 Å². The topological polar surface area (TPSA) is 64.4 Å². The van der Waals surface area contributed by atoms with Crippen LogP contribution in [0.1, 0.15) is 17.2 Å². The number of halogens is 1. The molecule has 0 amide bonds. The first-order valence-corrected chi connectivity index (χ1v) is 6.69. The van der Waals surface area contributed by atoms with Crippen molar-refractivity contribution >= 4 is 18.1 Å². The lowest BCUT2D eigenvalue weighted by Gasteiger charge is -2.17. The number of nitrogens with zero attached hydrogens (tertiary/aromatic N) is 1. The summed E-state index contributed by atoms with van der Waals surface area (Å²) in [6, 6.07) is 14.6. The van der Waals surface area contributed by atoms with Gasteiger partial charge in [-0.15, -0.1) is 12.4 Å². The van der Waals surface area contributed by atoms with E-state index < -0.39 is 0 Å². The predicted molar refractivity (Wildman–Crippen MR) is 88.8 cm³/mol. The van der Waals surface area contributed by atoms with Crippen molar-refractivity contribution in [1.29, 1.82) is 0 Å². The molecule has 0 aliphatic rings. The number of hydrogen-bond donors (Lipinski definition) is 1. The van der Waals surface area contributed by atoms with Crippen molar-refractivity contribution in [3.05, 3.63) is 69.8 Å². The summed E-state index contributed by atoms with van der Waals surface area (Å²) in [4.78, 5) is 10.7. The summed E-state index contributed by atoms with van der Waals surface area (Å²) in [5, 5.41) is 14.3. The second-order valence-corrected chi connectivity index (χ2v) is 4.70. The average Bonchev–Trinajstić information content (AvgIpc) is 2.53.